The van der Waals surface area contributed by atoms with Gasteiger partial charge in [-0.3, -0.25) is 19.7 Å². The third-order valence-electron chi connectivity index (χ3n) is 6.99. The molecule has 5 rings (SSSR count). The van der Waals surface area contributed by atoms with Crippen LogP contribution in [0.3, 0.4) is 0 Å². The zero-order chi connectivity index (χ0) is 27.2. The van der Waals surface area contributed by atoms with Crippen molar-refractivity contribution in [1.29, 1.82) is 0 Å². The van der Waals surface area contributed by atoms with Crippen LogP contribution in [0.15, 0.2) is 67.1 Å². The topological polar surface area (TPSA) is 61.4 Å². The summed E-state index contributed by atoms with van der Waals surface area (Å²) in [5.74, 6) is 4.77. The number of anilines is 1. The lowest BCUT2D eigenvalue weighted by Gasteiger charge is -2.34. The van der Waals surface area contributed by atoms with Crippen LogP contribution in [0, 0.1) is 17.7 Å². The minimum absolute atomic E-state index is 0.0820. The molecule has 0 spiro atoms. The molecule has 2 aromatic carbocycles. The normalized spacial score (nSPS) is 14.1. The van der Waals surface area contributed by atoms with Crippen LogP contribution in [0.5, 0.6) is 0 Å². The number of halogens is 2. The van der Waals surface area contributed by atoms with Crippen molar-refractivity contribution in [2.24, 2.45) is 0 Å². The van der Waals surface area contributed by atoms with E-state index in [1.807, 2.05) is 18.2 Å². The number of aromatic nitrogens is 2. The molecule has 0 atom stereocenters. The average molecular weight is 526 g/mol. The predicted molar refractivity (Wildman–Crippen MR) is 149 cm³/mol. The van der Waals surface area contributed by atoms with Gasteiger partial charge < -0.3 is 10.2 Å². The molecule has 1 amide bonds. The second-order valence-electron chi connectivity index (χ2n) is 9.49. The van der Waals surface area contributed by atoms with Crippen LogP contribution in [0.1, 0.15) is 39.5 Å². The Morgan fingerprint density at radius 3 is 2.56 bits per heavy atom. The summed E-state index contributed by atoms with van der Waals surface area (Å²) in [6.45, 7) is 7.16. The summed E-state index contributed by atoms with van der Waals surface area (Å²) >= 11 is 0. The number of pyridine rings is 2. The fourth-order valence-electron chi connectivity index (χ4n) is 4.68. The minimum Gasteiger partial charge on any atom is -0.322 e. The van der Waals surface area contributed by atoms with Gasteiger partial charge in [0.05, 0.1) is 16.6 Å². The molecule has 0 radical (unpaired) electrons. The highest BCUT2D eigenvalue weighted by Gasteiger charge is 2.17. The summed E-state index contributed by atoms with van der Waals surface area (Å²) in [5, 5.41) is 3.63. The Balaban J connectivity index is 1.30. The molecule has 1 aliphatic heterocycles. The molecule has 6 nitrogen and oxygen atoms in total. The van der Waals surface area contributed by atoms with Gasteiger partial charge in [0.25, 0.3) is 5.91 Å². The van der Waals surface area contributed by atoms with Gasteiger partial charge in [0.15, 0.2) is 0 Å². The maximum atomic E-state index is 14.5. The number of nitrogens with zero attached hydrogens (tertiary/aromatic N) is 4. The first kappa shape index (κ1) is 26.4. The van der Waals surface area contributed by atoms with Crippen molar-refractivity contribution in [3.63, 3.8) is 0 Å². The number of carbonyl (C=O) groups is 1. The molecule has 0 unspecified atom stereocenters. The first-order valence-electron chi connectivity index (χ1n) is 13.0. The molecular weight excluding hydrogens is 496 g/mol. The molecule has 1 N–H and O–H groups in total. The highest BCUT2D eigenvalue weighted by molar-refractivity contribution is 6.04. The van der Waals surface area contributed by atoms with E-state index in [2.05, 4.69) is 43.8 Å². The van der Waals surface area contributed by atoms with Gasteiger partial charge in [-0.15, -0.1) is 0 Å². The zero-order valence-corrected chi connectivity index (χ0v) is 21.8. The summed E-state index contributed by atoms with van der Waals surface area (Å²) in [6, 6.07) is 13.0. The number of carbonyl (C=O) groups excluding carboxylic acids is 1. The van der Waals surface area contributed by atoms with Gasteiger partial charge >= 0.3 is 0 Å². The summed E-state index contributed by atoms with van der Waals surface area (Å²) in [4.78, 5) is 26.2. The van der Waals surface area contributed by atoms with Gasteiger partial charge in [0.2, 0.25) is 0 Å². The van der Waals surface area contributed by atoms with Crippen LogP contribution in [0.4, 0.5) is 14.5 Å². The standard InChI is InChI=1S/C31H29F2N5O/c1-2-37-12-14-38(15-13-37)21-26-7-9-28(17-27(26)18-32)36-31(39)23-8-10-29(33)22(16-23)5-6-25-20-34-19-24-4-3-11-35-30(24)25/h3-4,7-11,16-17,19-20H,2,12-15,18,21H2,1H3,(H,36,39). The lowest BCUT2D eigenvalue weighted by atomic mass is 10.1. The maximum Gasteiger partial charge on any atom is 0.255 e. The molecule has 1 aliphatic rings. The molecule has 2 aromatic heterocycles. The lowest BCUT2D eigenvalue weighted by Crippen LogP contribution is -2.45. The first-order valence-corrected chi connectivity index (χ1v) is 13.0. The lowest BCUT2D eigenvalue weighted by molar-refractivity contribution is 0.102. The van der Waals surface area contributed by atoms with E-state index in [4.69, 9.17) is 0 Å². The number of piperazine rings is 1. The molecule has 0 bridgehead atoms. The summed E-state index contributed by atoms with van der Waals surface area (Å²) < 4.78 is 28.5. The largest absolute Gasteiger partial charge is 0.322 e. The van der Waals surface area contributed by atoms with Gasteiger partial charge in [0, 0.05) is 68.0 Å². The van der Waals surface area contributed by atoms with Crippen molar-refractivity contribution >= 4 is 22.5 Å². The number of nitrogens with one attached hydrogen (secondary N) is 1. The Kier molecular flexibility index (Phi) is 8.21. The van der Waals surface area contributed by atoms with Gasteiger partial charge in [0.1, 0.15) is 12.5 Å². The van der Waals surface area contributed by atoms with Crippen molar-refractivity contribution in [3.8, 4) is 11.8 Å². The number of rotatable bonds is 6. The highest BCUT2D eigenvalue weighted by atomic mass is 19.1. The van der Waals surface area contributed by atoms with Gasteiger partial charge in [-0.05, 0) is 60.1 Å². The number of alkyl halides is 1. The SMILES string of the molecule is CCN1CCN(Cc2ccc(NC(=O)c3ccc(F)c(C#Cc4cncc5cccnc45)c3)cc2CF)CC1. The van der Waals surface area contributed by atoms with Crippen molar-refractivity contribution in [2.45, 2.75) is 20.1 Å². The van der Waals surface area contributed by atoms with Crippen LogP contribution >= 0.6 is 0 Å². The predicted octanol–water partition coefficient (Wildman–Crippen LogP) is 5.03. The number of amides is 1. The van der Waals surface area contributed by atoms with Crippen molar-refractivity contribution in [3.05, 3.63) is 101 Å². The molecule has 198 valence electrons. The van der Waals surface area contributed by atoms with Crippen molar-refractivity contribution in [2.75, 3.05) is 38.0 Å². The van der Waals surface area contributed by atoms with Crippen LogP contribution in [0.25, 0.3) is 10.9 Å². The minimum atomic E-state index is -0.623. The summed E-state index contributed by atoms with van der Waals surface area (Å²) in [7, 11) is 0. The average Bonchev–Trinajstić information content (AvgIpc) is 2.97. The van der Waals surface area contributed by atoms with Crippen LogP contribution in [-0.2, 0) is 13.2 Å². The summed E-state index contributed by atoms with van der Waals surface area (Å²) in [5.41, 5.74) is 3.51. The second kappa shape index (κ2) is 12.1. The first-order chi connectivity index (χ1) is 19.0. The van der Waals surface area contributed by atoms with Crippen LogP contribution in [-0.4, -0.2) is 58.4 Å². The summed E-state index contributed by atoms with van der Waals surface area (Å²) in [6.07, 6.45) is 4.93. The maximum absolute atomic E-state index is 14.5. The van der Waals surface area contributed by atoms with Crippen molar-refractivity contribution in [1.82, 2.24) is 19.8 Å². The Labute approximate surface area is 226 Å². The van der Waals surface area contributed by atoms with E-state index in [9.17, 15) is 13.6 Å². The molecule has 0 aliphatic carbocycles. The molecule has 0 saturated carbocycles. The molecule has 1 fully saturated rings. The van der Waals surface area contributed by atoms with Crippen LogP contribution < -0.4 is 5.32 Å². The van der Waals surface area contributed by atoms with E-state index in [1.165, 1.54) is 18.2 Å². The molecule has 4 aromatic rings. The Morgan fingerprint density at radius 2 is 1.77 bits per heavy atom. The van der Waals surface area contributed by atoms with E-state index in [0.29, 0.717) is 28.9 Å². The van der Waals surface area contributed by atoms with E-state index < -0.39 is 18.4 Å². The molecule has 8 heteroatoms. The number of hydrogen-bond acceptors (Lipinski definition) is 5. The van der Waals surface area contributed by atoms with E-state index in [0.717, 1.165) is 43.7 Å². The molecule has 3 heterocycles. The molecular formula is C31H29F2N5O. The number of likely N-dealkylation sites (N-methyl/N-ethyl adjacent to an activating group) is 1. The number of fused-ring (bicyclic) bond motifs is 1. The van der Waals surface area contributed by atoms with E-state index >= 15 is 0 Å². The fraction of sp³-hybridized carbons (Fsp3) is 0.258. The third-order valence-corrected chi connectivity index (χ3v) is 6.99. The molecule has 39 heavy (non-hydrogen) atoms. The monoisotopic (exact) mass is 525 g/mol. The van der Waals surface area contributed by atoms with Crippen molar-refractivity contribution < 1.29 is 13.6 Å². The van der Waals surface area contributed by atoms with Crippen LogP contribution in [0.2, 0.25) is 0 Å². The second-order valence-corrected chi connectivity index (χ2v) is 9.49. The third kappa shape index (κ3) is 6.28. The Morgan fingerprint density at radius 1 is 0.974 bits per heavy atom. The quantitative estimate of drug-likeness (QED) is 0.358. The highest BCUT2D eigenvalue weighted by Crippen LogP contribution is 2.21. The Bertz CT molecular complexity index is 1550. The number of benzene rings is 2. The number of hydrogen-bond donors (Lipinski definition) is 1. The van der Waals surface area contributed by atoms with Gasteiger partial charge in [-0.1, -0.05) is 24.8 Å². The van der Waals surface area contributed by atoms with Gasteiger partial charge in [-0.2, -0.15) is 0 Å². The molecule has 1 saturated heterocycles. The smallest absolute Gasteiger partial charge is 0.255 e. The zero-order valence-electron chi connectivity index (χ0n) is 21.8. The van der Waals surface area contributed by atoms with E-state index in [1.54, 1.807) is 30.7 Å². The van der Waals surface area contributed by atoms with E-state index in [-0.39, 0.29) is 11.1 Å². The van der Waals surface area contributed by atoms with Gasteiger partial charge in [-0.25, -0.2) is 8.78 Å². The Hall–Kier alpha value is -4.19. The fourth-order valence-corrected chi connectivity index (χ4v) is 4.68.